The van der Waals surface area contributed by atoms with Crippen molar-refractivity contribution in [1.82, 2.24) is 0 Å². The van der Waals surface area contributed by atoms with Crippen LogP contribution in [0.25, 0.3) is 11.1 Å². The molecule has 0 bridgehead atoms. The first kappa shape index (κ1) is 20.3. The molecule has 0 heterocycles. The Hall–Kier alpha value is -1.98. The second-order valence-electron chi connectivity index (χ2n) is 6.25. The molecule has 0 saturated heterocycles. The summed E-state index contributed by atoms with van der Waals surface area (Å²) >= 11 is 0. The molecule has 0 fully saturated rings. The van der Waals surface area contributed by atoms with Crippen molar-refractivity contribution in [3.63, 3.8) is 0 Å². The summed E-state index contributed by atoms with van der Waals surface area (Å²) in [5.74, 6) is 0. The fourth-order valence-corrected chi connectivity index (χ4v) is 3.00. The van der Waals surface area contributed by atoms with Gasteiger partial charge in [-0.1, -0.05) is 44.9 Å². The van der Waals surface area contributed by atoms with Gasteiger partial charge in [-0.2, -0.15) is 26.3 Å². The third-order valence-corrected chi connectivity index (χ3v) is 4.17. The Kier molecular flexibility index (Phi) is 6.04. The lowest BCUT2D eigenvalue weighted by atomic mass is 9.89. The quantitative estimate of drug-likeness (QED) is 0.482. The molecule has 0 atom stereocenters. The van der Waals surface area contributed by atoms with E-state index in [1.807, 2.05) is 13.8 Å². The average Bonchev–Trinajstić information content (AvgIpc) is 2.53. The Morgan fingerprint density at radius 3 is 1.88 bits per heavy atom. The standard InChI is InChI=1S/C20H20F6/c1-3-5-13-7-10-18(20(24,25)26)17(11-13)16-12-15(19(21,22)23)9-8-14(16)6-4-2/h7-12H,3-6H2,1-2H3. The smallest absolute Gasteiger partial charge is 0.166 e. The van der Waals surface area contributed by atoms with Crippen LogP contribution < -0.4 is 0 Å². The van der Waals surface area contributed by atoms with Crippen molar-refractivity contribution >= 4 is 0 Å². The monoisotopic (exact) mass is 374 g/mol. The minimum Gasteiger partial charge on any atom is -0.166 e. The van der Waals surface area contributed by atoms with E-state index in [2.05, 4.69) is 0 Å². The molecule has 0 spiro atoms. The molecule has 0 aromatic heterocycles. The Morgan fingerprint density at radius 1 is 0.692 bits per heavy atom. The third kappa shape index (κ3) is 4.59. The summed E-state index contributed by atoms with van der Waals surface area (Å²) in [6.45, 7) is 3.73. The minimum atomic E-state index is -4.64. The molecule has 26 heavy (non-hydrogen) atoms. The van der Waals surface area contributed by atoms with E-state index in [0.717, 1.165) is 24.6 Å². The predicted molar refractivity (Wildman–Crippen MR) is 89.9 cm³/mol. The third-order valence-electron chi connectivity index (χ3n) is 4.17. The summed E-state index contributed by atoms with van der Waals surface area (Å²) in [4.78, 5) is 0. The molecule has 0 aliphatic carbocycles. The van der Waals surface area contributed by atoms with Crippen LogP contribution in [0, 0.1) is 0 Å². The van der Waals surface area contributed by atoms with Gasteiger partial charge in [0.1, 0.15) is 0 Å². The molecule has 2 rings (SSSR count). The van der Waals surface area contributed by atoms with Crippen LogP contribution in [-0.2, 0) is 25.2 Å². The highest BCUT2D eigenvalue weighted by Crippen LogP contribution is 2.41. The highest BCUT2D eigenvalue weighted by molar-refractivity contribution is 5.73. The molecule has 142 valence electrons. The lowest BCUT2D eigenvalue weighted by Gasteiger charge is -2.19. The van der Waals surface area contributed by atoms with E-state index < -0.39 is 23.5 Å². The van der Waals surface area contributed by atoms with E-state index in [1.54, 1.807) is 0 Å². The number of halogens is 6. The number of rotatable bonds is 5. The molecule has 0 amide bonds. The first-order valence-electron chi connectivity index (χ1n) is 8.48. The van der Waals surface area contributed by atoms with Crippen molar-refractivity contribution in [2.75, 3.05) is 0 Å². The van der Waals surface area contributed by atoms with Gasteiger partial charge >= 0.3 is 12.4 Å². The second-order valence-corrected chi connectivity index (χ2v) is 6.25. The van der Waals surface area contributed by atoms with E-state index in [4.69, 9.17) is 0 Å². The molecular formula is C20H20F6. The van der Waals surface area contributed by atoms with Crippen LogP contribution in [0.2, 0.25) is 0 Å². The van der Waals surface area contributed by atoms with Crippen molar-refractivity contribution in [3.8, 4) is 11.1 Å². The van der Waals surface area contributed by atoms with E-state index in [9.17, 15) is 26.3 Å². The summed E-state index contributed by atoms with van der Waals surface area (Å²) in [7, 11) is 0. The van der Waals surface area contributed by atoms with E-state index in [1.165, 1.54) is 18.2 Å². The van der Waals surface area contributed by atoms with Gasteiger partial charge in [-0.15, -0.1) is 0 Å². The number of hydrogen-bond acceptors (Lipinski definition) is 0. The van der Waals surface area contributed by atoms with Gasteiger partial charge in [-0.05, 0) is 53.3 Å². The molecule has 0 unspecified atom stereocenters. The summed E-state index contributed by atoms with van der Waals surface area (Å²) in [5, 5.41) is 0. The summed E-state index contributed by atoms with van der Waals surface area (Å²) in [5.41, 5.74) is -0.865. The average molecular weight is 374 g/mol. The van der Waals surface area contributed by atoms with Crippen LogP contribution >= 0.6 is 0 Å². The number of aryl methyl sites for hydroxylation is 2. The molecular weight excluding hydrogens is 354 g/mol. The first-order chi connectivity index (χ1) is 12.1. The van der Waals surface area contributed by atoms with Crippen molar-refractivity contribution in [1.29, 1.82) is 0 Å². The fraction of sp³-hybridized carbons (Fsp3) is 0.400. The van der Waals surface area contributed by atoms with Crippen molar-refractivity contribution in [3.05, 3.63) is 58.7 Å². The molecule has 0 aliphatic heterocycles. The Balaban J connectivity index is 2.76. The van der Waals surface area contributed by atoms with Gasteiger partial charge in [0.2, 0.25) is 0 Å². The topological polar surface area (TPSA) is 0 Å². The molecule has 0 saturated carbocycles. The van der Waals surface area contributed by atoms with Crippen LogP contribution in [0.4, 0.5) is 26.3 Å². The maximum Gasteiger partial charge on any atom is 0.417 e. The number of benzene rings is 2. The second kappa shape index (κ2) is 7.72. The van der Waals surface area contributed by atoms with E-state index >= 15 is 0 Å². The maximum atomic E-state index is 13.5. The molecule has 2 aromatic rings. The molecule has 0 radical (unpaired) electrons. The fourth-order valence-electron chi connectivity index (χ4n) is 3.00. The van der Waals surface area contributed by atoms with Crippen LogP contribution in [0.1, 0.15) is 48.9 Å². The SMILES string of the molecule is CCCc1ccc(C(F)(F)F)c(-c2cc(C(F)(F)F)ccc2CCC)c1. The summed E-state index contributed by atoms with van der Waals surface area (Å²) in [6, 6.07) is 6.79. The lowest BCUT2D eigenvalue weighted by molar-refractivity contribution is -0.137. The zero-order chi connectivity index (χ0) is 19.5. The molecule has 0 N–H and O–H groups in total. The zero-order valence-electron chi connectivity index (χ0n) is 14.6. The van der Waals surface area contributed by atoms with Crippen LogP contribution in [0.5, 0.6) is 0 Å². The largest absolute Gasteiger partial charge is 0.417 e. The number of alkyl halides is 6. The van der Waals surface area contributed by atoms with Crippen molar-refractivity contribution < 1.29 is 26.3 Å². The minimum absolute atomic E-state index is 0.00644. The van der Waals surface area contributed by atoms with Gasteiger partial charge in [-0.3, -0.25) is 0 Å². The van der Waals surface area contributed by atoms with Gasteiger partial charge in [-0.25, -0.2) is 0 Å². The van der Waals surface area contributed by atoms with E-state index in [-0.39, 0.29) is 11.1 Å². The Bertz CT molecular complexity index is 756. The lowest BCUT2D eigenvalue weighted by Crippen LogP contribution is -2.10. The van der Waals surface area contributed by atoms with Gasteiger partial charge < -0.3 is 0 Å². The highest BCUT2D eigenvalue weighted by Gasteiger charge is 2.35. The molecule has 6 heteroatoms. The number of hydrogen-bond donors (Lipinski definition) is 0. The summed E-state index contributed by atoms with van der Waals surface area (Å²) < 4.78 is 79.8. The van der Waals surface area contributed by atoms with Crippen LogP contribution in [-0.4, -0.2) is 0 Å². The van der Waals surface area contributed by atoms with Crippen LogP contribution in [0.15, 0.2) is 36.4 Å². The maximum absolute atomic E-state index is 13.5. The predicted octanol–water partition coefficient (Wildman–Crippen LogP) is 7.30. The Morgan fingerprint density at radius 2 is 1.35 bits per heavy atom. The van der Waals surface area contributed by atoms with Crippen molar-refractivity contribution in [2.45, 2.75) is 51.9 Å². The Labute approximate surface area is 148 Å². The molecule has 0 aliphatic rings. The van der Waals surface area contributed by atoms with Crippen LogP contribution in [0.3, 0.4) is 0 Å². The normalized spacial score (nSPS) is 12.5. The molecule has 2 aromatic carbocycles. The van der Waals surface area contributed by atoms with Gasteiger partial charge in [0.15, 0.2) is 0 Å². The zero-order valence-corrected chi connectivity index (χ0v) is 14.6. The van der Waals surface area contributed by atoms with Gasteiger partial charge in [0.05, 0.1) is 11.1 Å². The van der Waals surface area contributed by atoms with Gasteiger partial charge in [0, 0.05) is 0 Å². The first-order valence-corrected chi connectivity index (χ1v) is 8.48. The highest BCUT2D eigenvalue weighted by atomic mass is 19.4. The van der Waals surface area contributed by atoms with Gasteiger partial charge in [0.25, 0.3) is 0 Å². The summed E-state index contributed by atoms with van der Waals surface area (Å²) in [6.07, 6.45) is -6.93. The van der Waals surface area contributed by atoms with E-state index in [0.29, 0.717) is 30.4 Å². The van der Waals surface area contributed by atoms with Crippen molar-refractivity contribution in [2.24, 2.45) is 0 Å². The molecule has 0 nitrogen and oxygen atoms in total.